The lowest BCUT2D eigenvalue weighted by molar-refractivity contribution is 0.323. The Balaban J connectivity index is 1.69. The second kappa shape index (κ2) is 4.41. The Morgan fingerprint density at radius 3 is 2.86 bits per heavy atom. The van der Waals surface area contributed by atoms with Gasteiger partial charge in [0.25, 0.3) is 10.0 Å². The lowest BCUT2D eigenvalue weighted by Gasteiger charge is -2.26. The number of aromatic nitrogens is 4. The van der Waals surface area contributed by atoms with Gasteiger partial charge in [0.15, 0.2) is 5.03 Å². The Morgan fingerprint density at radius 1 is 1.24 bits per heavy atom. The molecule has 4 rings (SSSR count). The number of imidazole rings is 1. The van der Waals surface area contributed by atoms with Crippen LogP contribution in [-0.2, 0) is 43.0 Å². The Morgan fingerprint density at radius 2 is 2.10 bits per heavy atom. The highest BCUT2D eigenvalue weighted by molar-refractivity contribution is 7.89. The quantitative estimate of drug-likeness (QED) is 0.800. The normalized spacial score (nSPS) is 18.7. The molecular formula is C13H17N5O2S. The number of nitrogens with zero attached hydrogens (tertiary/aromatic N) is 5. The summed E-state index contributed by atoms with van der Waals surface area (Å²) in [6, 6.07) is 0. The molecule has 7 nitrogen and oxygen atoms in total. The highest BCUT2D eigenvalue weighted by Crippen LogP contribution is 2.29. The van der Waals surface area contributed by atoms with Crippen molar-refractivity contribution in [2.24, 2.45) is 7.05 Å². The van der Waals surface area contributed by atoms with Gasteiger partial charge in [-0.1, -0.05) is 0 Å². The molecule has 2 aromatic rings. The maximum Gasteiger partial charge on any atom is 0.262 e. The molecule has 0 N–H and O–H groups in total. The Hall–Kier alpha value is -1.67. The molecule has 0 radical (unpaired) electrons. The predicted molar refractivity (Wildman–Crippen MR) is 75.1 cm³/mol. The molecule has 1 aliphatic carbocycles. The van der Waals surface area contributed by atoms with Crippen LogP contribution >= 0.6 is 0 Å². The molecule has 8 heteroatoms. The van der Waals surface area contributed by atoms with Crippen LogP contribution in [0.15, 0.2) is 17.6 Å². The molecule has 21 heavy (non-hydrogen) atoms. The number of hydrogen-bond acceptors (Lipinski definition) is 4. The summed E-state index contributed by atoms with van der Waals surface area (Å²) in [7, 11) is -1.75. The van der Waals surface area contributed by atoms with Gasteiger partial charge >= 0.3 is 0 Å². The van der Waals surface area contributed by atoms with Gasteiger partial charge in [0.05, 0.1) is 30.8 Å². The summed E-state index contributed by atoms with van der Waals surface area (Å²) in [5.41, 5.74) is 3.48. The van der Waals surface area contributed by atoms with E-state index in [-0.39, 0.29) is 5.03 Å². The molecule has 2 aliphatic rings. The Labute approximate surface area is 123 Å². The summed E-state index contributed by atoms with van der Waals surface area (Å²) < 4.78 is 30.5. The van der Waals surface area contributed by atoms with E-state index in [4.69, 9.17) is 0 Å². The summed E-state index contributed by atoms with van der Waals surface area (Å²) in [6.07, 6.45) is 6.22. The van der Waals surface area contributed by atoms with Crippen LogP contribution in [0, 0.1) is 0 Å². The first-order chi connectivity index (χ1) is 10.1. The summed E-state index contributed by atoms with van der Waals surface area (Å²) in [4.78, 5) is 3.99. The summed E-state index contributed by atoms with van der Waals surface area (Å²) in [5.74, 6) is 0. The highest BCUT2D eigenvalue weighted by Gasteiger charge is 2.33. The predicted octanol–water partition coefficient (Wildman–Crippen LogP) is 0.310. The van der Waals surface area contributed by atoms with Crippen LogP contribution in [0.3, 0.4) is 0 Å². The van der Waals surface area contributed by atoms with Crippen LogP contribution in [0.5, 0.6) is 0 Å². The Kier molecular flexibility index (Phi) is 2.74. The maximum absolute atomic E-state index is 12.7. The minimum absolute atomic E-state index is 0.120. The van der Waals surface area contributed by atoms with E-state index in [0.717, 1.165) is 30.7 Å². The van der Waals surface area contributed by atoms with Crippen LogP contribution in [0.4, 0.5) is 0 Å². The van der Waals surface area contributed by atoms with Crippen LogP contribution in [0.1, 0.15) is 23.4 Å². The van der Waals surface area contributed by atoms with Crippen molar-refractivity contribution in [2.75, 3.05) is 6.54 Å². The average molecular weight is 307 g/mol. The van der Waals surface area contributed by atoms with Crippen molar-refractivity contribution >= 4 is 10.0 Å². The van der Waals surface area contributed by atoms with Gasteiger partial charge in [0.2, 0.25) is 0 Å². The fourth-order valence-electron chi connectivity index (χ4n) is 3.18. The number of hydrogen-bond donors (Lipinski definition) is 0. The molecule has 0 saturated heterocycles. The third kappa shape index (κ3) is 1.93. The number of aryl methyl sites for hydroxylation is 2. The maximum atomic E-state index is 12.7. The van der Waals surface area contributed by atoms with Gasteiger partial charge in [-0.3, -0.25) is 4.68 Å². The van der Waals surface area contributed by atoms with E-state index in [1.165, 1.54) is 16.2 Å². The molecule has 0 saturated carbocycles. The van der Waals surface area contributed by atoms with Crippen LogP contribution in [0.2, 0.25) is 0 Å². The first kappa shape index (κ1) is 13.0. The lowest BCUT2D eigenvalue weighted by atomic mass is 10.2. The van der Waals surface area contributed by atoms with E-state index < -0.39 is 10.0 Å². The van der Waals surface area contributed by atoms with Gasteiger partial charge < -0.3 is 4.57 Å². The van der Waals surface area contributed by atoms with E-state index in [2.05, 4.69) is 10.1 Å². The van der Waals surface area contributed by atoms with Crippen molar-refractivity contribution in [1.82, 2.24) is 23.6 Å². The van der Waals surface area contributed by atoms with E-state index in [1.54, 1.807) is 17.8 Å². The van der Waals surface area contributed by atoms with E-state index in [9.17, 15) is 8.42 Å². The molecule has 112 valence electrons. The highest BCUT2D eigenvalue weighted by atomic mass is 32.2. The first-order valence-electron chi connectivity index (χ1n) is 7.11. The molecule has 0 spiro atoms. The van der Waals surface area contributed by atoms with Gasteiger partial charge in [-0.05, 0) is 24.8 Å². The minimum Gasteiger partial charge on any atom is -0.339 e. The molecule has 0 atom stereocenters. The fraction of sp³-hybridized carbons (Fsp3) is 0.538. The average Bonchev–Trinajstić information content (AvgIpc) is 3.12. The molecule has 1 aliphatic heterocycles. The summed E-state index contributed by atoms with van der Waals surface area (Å²) >= 11 is 0. The van der Waals surface area contributed by atoms with Crippen LogP contribution < -0.4 is 0 Å². The van der Waals surface area contributed by atoms with E-state index >= 15 is 0 Å². The zero-order valence-electron chi connectivity index (χ0n) is 11.9. The monoisotopic (exact) mass is 307 g/mol. The number of sulfonamides is 1. The molecule has 2 aromatic heterocycles. The molecule has 0 amide bonds. The standard InChI is InChI=1S/C13H17N5O2S/c1-16-8-13(14-9-16)21(19,20)17-5-6-18-12(7-17)10-3-2-4-11(10)15-18/h8-9H,2-7H2,1H3. The number of rotatable bonds is 2. The molecular weight excluding hydrogens is 290 g/mol. The van der Waals surface area contributed by atoms with Crippen LogP contribution in [-0.4, -0.2) is 38.6 Å². The van der Waals surface area contributed by atoms with E-state index in [1.807, 2.05) is 4.68 Å². The van der Waals surface area contributed by atoms with Gasteiger partial charge in [0, 0.05) is 19.8 Å². The van der Waals surface area contributed by atoms with Crippen LogP contribution in [0.25, 0.3) is 0 Å². The van der Waals surface area contributed by atoms with Gasteiger partial charge in [-0.25, -0.2) is 13.4 Å². The van der Waals surface area contributed by atoms with Crippen molar-refractivity contribution in [2.45, 2.75) is 37.4 Å². The van der Waals surface area contributed by atoms with Crippen molar-refractivity contribution in [3.63, 3.8) is 0 Å². The van der Waals surface area contributed by atoms with Crippen molar-refractivity contribution in [1.29, 1.82) is 0 Å². The molecule has 0 aromatic carbocycles. The topological polar surface area (TPSA) is 73.0 Å². The van der Waals surface area contributed by atoms with Crippen molar-refractivity contribution in [3.8, 4) is 0 Å². The zero-order valence-corrected chi connectivity index (χ0v) is 12.7. The lowest BCUT2D eigenvalue weighted by Crippen LogP contribution is -2.38. The minimum atomic E-state index is -3.52. The molecule has 0 bridgehead atoms. The third-order valence-electron chi connectivity index (χ3n) is 4.26. The summed E-state index contributed by atoms with van der Waals surface area (Å²) in [5, 5.41) is 4.72. The first-order valence-corrected chi connectivity index (χ1v) is 8.55. The Bertz CT molecular complexity index is 805. The molecule has 0 fully saturated rings. The van der Waals surface area contributed by atoms with Gasteiger partial charge in [-0.15, -0.1) is 0 Å². The SMILES string of the molecule is Cn1cnc(S(=O)(=O)N2CCn3nc4c(c3C2)CCC4)c1. The largest absolute Gasteiger partial charge is 0.339 e. The number of fused-ring (bicyclic) bond motifs is 3. The molecule has 0 unspecified atom stereocenters. The second-order valence-corrected chi connectivity index (χ2v) is 7.55. The van der Waals surface area contributed by atoms with E-state index in [0.29, 0.717) is 19.6 Å². The van der Waals surface area contributed by atoms with Crippen molar-refractivity contribution < 1.29 is 8.42 Å². The smallest absolute Gasteiger partial charge is 0.262 e. The third-order valence-corrected chi connectivity index (χ3v) is 5.99. The fourth-order valence-corrected chi connectivity index (χ4v) is 4.54. The van der Waals surface area contributed by atoms with Gasteiger partial charge in [0.1, 0.15) is 0 Å². The molecule has 3 heterocycles. The second-order valence-electron chi connectivity index (χ2n) is 5.66. The van der Waals surface area contributed by atoms with Gasteiger partial charge in [-0.2, -0.15) is 9.40 Å². The summed E-state index contributed by atoms with van der Waals surface area (Å²) in [6.45, 7) is 1.47. The zero-order chi connectivity index (χ0) is 14.6. The van der Waals surface area contributed by atoms with Crippen molar-refractivity contribution in [3.05, 3.63) is 29.5 Å².